The van der Waals surface area contributed by atoms with E-state index in [0.29, 0.717) is 5.56 Å². The molecule has 0 aliphatic carbocycles. The average molecular weight is 193 g/mol. The van der Waals surface area contributed by atoms with E-state index >= 15 is 0 Å². The Kier molecular flexibility index (Phi) is 3.12. The van der Waals surface area contributed by atoms with Gasteiger partial charge in [0, 0.05) is 19.7 Å². The molecule has 1 aromatic rings. The summed E-state index contributed by atoms with van der Waals surface area (Å²) < 4.78 is 0. The minimum absolute atomic E-state index is 0.00843. The van der Waals surface area contributed by atoms with Crippen molar-refractivity contribution in [2.45, 2.75) is 13.3 Å². The van der Waals surface area contributed by atoms with Crippen LogP contribution in [0.5, 0.6) is 5.75 Å². The van der Waals surface area contributed by atoms with Gasteiger partial charge in [0.05, 0.1) is 6.42 Å². The number of carbonyl (C=O) groups excluding carboxylic acids is 1. The number of hydrogen-bond donors (Lipinski definition) is 1. The summed E-state index contributed by atoms with van der Waals surface area (Å²) in [7, 11) is 3.41. The molecule has 0 unspecified atom stereocenters. The van der Waals surface area contributed by atoms with E-state index in [0.717, 1.165) is 5.56 Å². The second kappa shape index (κ2) is 4.13. The van der Waals surface area contributed by atoms with Crippen molar-refractivity contribution >= 4 is 5.91 Å². The molecule has 1 aromatic carbocycles. The molecule has 0 radical (unpaired) electrons. The summed E-state index contributed by atoms with van der Waals surface area (Å²) in [5.41, 5.74) is 1.48. The lowest BCUT2D eigenvalue weighted by Gasteiger charge is -2.11. The van der Waals surface area contributed by atoms with Crippen LogP contribution in [-0.2, 0) is 11.2 Å². The SMILES string of the molecule is Cc1cccc(CC(=O)N(C)C)c1O. The van der Waals surface area contributed by atoms with Gasteiger partial charge < -0.3 is 10.0 Å². The number of aromatic hydroxyl groups is 1. The van der Waals surface area contributed by atoms with Crippen molar-refractivity contribution in [3.05, 3.63) is 29.3 Å². The molecule has 0 aliphatic rings. The first-order chi connectivity index (χ1) is 6.52. The van der Waals surface area contributed by atoms with Gasteiger partial charge in [0.1, 0.15) is 5.75 Å². The fraction of sp³-hybridized carbons (Fsp3) is 0.364. The molecule has 0 saturated carbocycles. The Morgan fingerprint density at radius 3 is 2.64 bits per heavy atom. The van der Waals surface area contributed by atoms with E-state index in [-0.39, 0.29) is 18.1 Å². The number of benzene rings is 1. The fourth-order valence-electron chi connectivity index (χ4n) is 1.18. The van der Waals surface area contributed by atoms with Crippen LogP contribution in [0.4, 0.5) is 0 Å². The molecule has 0 aliphatic heterocycles. The predicted octanol–water partition coefficient (Wildman–Crippen LogP) is 1.33. The zero-order valence-electron chi connectivity index (χ0n) is 8.74. The van der Waals surface area contributed by atoms with Gasteiger partial charge in [0.25, 0.3) is 0 Å². The molecule has 76 valence electrons. The Morgan fingerprint density at radius 1 is 1.43 bits per heavy atom. The van der Waals surface area contributed by atoms with E-state index in [1.54, 1.807) is 20.2 Å². The van der Waals surface area contributed by atoms with Crippen LogP contribution in [0.25, 0.3) is 0 Å². The highest BCUT2D eigenvalue weighted by molar-refractivity contribution is 5.79. The lowest BCUT2D eigenvalue weighted by atomic mass is 10.1. The van der Waals surface area contributed by atoms with Crippen molar-refractivity contribution in [2.75, 3.05) is 14.1 Å². The number of phenolic OH excluding ortho intramolecular Hbond substituents is 1. The van der Waals surface area contributed by atoms with Gasteiger partial charge in [-0.1, -0.05) is 18.2 Å². The molecule has 0 spiro atoms. The second-order valence-corrected chi connectivity index (χ2v) is 3.55. The summed E-state index contributed by atoms with van der Waals surface area (Å²) >= 11 is 0. The van der Waals surface area contributed by atoms with E-state index < -0.39 is 0 Å². The smallest absolute Gasteiger partial charge is 0.226 e. The van der Waals surface area contributed by atoms with E-state index in [1.165, 1.54) is 4.90 Å². The minimum Gasteiger partial charge on any atom is -0.507 e. The van der Waals surface area contributed by atoms with Crippen LogP contribution in [0.3, 0.4) is 0 Å². The predicted molar refractivity (Wildman–Crippen MR) is 55.2 cm³/mol. The van der Waals surface area contributed by atoms with Crippen LogP contribution in [-0.4, -0.2) is 30.0 Å². The largest absolute Gasteiger partial charge is 0.507 e. The number of nitrogens with zero attached hydrogens (tertiary/aromatic N) is 1. The molecule has 14 heavy (non-hydrogen) atoms. The highest BCUT2D eigenvalue weighted by Crippen LogP contribution is 2.21. The van der Waals surface area contributed by atoms with Crippen molar-refractivity contribution in [1.29, 1.82) is 0 Å². The molecule has 3 nitrogen and oxygen atoms in total. The van der Waals surface area contributed by atoms with Gasteiger partial charge in [-0.2, -0.15) is 0 Å². The molecule has 0 saturated heterocycles. The number of rotatable bonds is 2. The Bertz CT molecular complexity index is 345. The number of carbonyl (C=O) groups is 1. The van der Waals surface area contributed by atoms with Crippen molar-refractivity contribution in [3.63, 3.8) is 0 Å². The maximum Gasteiger partial charge on any atom is 0.226 e. The Labute approximate surface area is 84.0 Å². The minimum atomic E-state index is -0.00843. The van der Waals surface area contributed by atoms with Crippen LogP contribution in [0.1, 0.15) is 11.1 Å². The molecule has 0 aromatic heterocycles. The van der Waals surface area contributed by atoms with Crippen molar-refractivity contribution in [3.8, 4) is 5.75 Å². The maximum atomic E-state index is 11.4. The summed E-state index contributed by atoms with van der Waals surface area (Å²) in [5, 5.41) is 9.66. The third kappa shape index (κ3) is 2.25. The van der Waals surface area contributed by atoms with Gasteiger partial charge in [0.2, 0.25) is 5.91 Å². The standard InChI is InChI=1S/C11H15NO2/c1-8-5-4-6-9(11(8)14)7-10(13)12(2)3/h4-6,14H,7H2,1-3H3. The number of para-hydroxylation sites is 1. The molecule has 1 amide bonds. The third-order valence-corrected chi connectivity index (χ3v) is 2.16. The Balaban J connectivity index is 2.87. The summed E-state index contributed by atoms with van der Waals surface area (Å²) in [6.45, 7) is 1.82. The second-order valence-electron chi connectivity index (χ2n) is 3.55. The van der Waals surface area contributed by atoms with Gasteiger partial charge in [0.15, 0.2) is 0 Å². The molecular formula is C11H15NO2. The molecule has 0 bridgehead atoms. The quantitative estimate of drug-likeness (QED) is 0.769. The van der Waals surface area contributed by atoms with Crippen molar-refractivity contribution in [1.82, 2.24) is 4.90 Å². The molecule has 0 heterocycles. The molecular weight excluding hydrogens is 178 g/mol. The summed E-state index contributed by atoms with van der Waals surface area (Å²) in [6, 6.07) is 5.43. The van der Waals surface area contributed by atoms with Crippen LogP contribution in [0.2, 0.25) is 0 Å². The first kappa shape index (κ1) is 10.6. The summed E-state index contributed by atoms with van der Waals surface area (Å²) in [4.78, 5) is 12.9. The number of likely N-dealkylation sites (N-methyl/N-ethyl adjacent to an activating group) is 1. The van der Waals surface area contributed by atoms with E-state index in [9.17, 15) is 9.90 Å². The van der Waals surface area contributed by atoms with Gasteiger partial charge >= 0.3 is 0 Å². The summed E-state index contributed by atoms with van der Waals surface area (Å²) in [5.74, 6) is 0.216. The summed E-state index contributed by atoms with van der Waals surface area (Å²) in [6.07, 6.45) is 0.251. The zero-order valence-corrected chi connectivity index (χ0v) is 8.74. The zero-order chi connectivity index (χ0) is 10.7. The van der Waals surface area contributed by atoms with Crippen LogP contribution < -0.4 is 0 Å². The normalized spacial score (nSPS) is 9.93. The molecule has 0 fully saturated rings. The van der Waals surface area contributed by atoms with Gasteiger partial charge in [-0.05, 0) is 12.5 Å². The van der Waals surface area contributed by atoms with Crippen LogP contribution >= 0.6 is 0 Å². The first-order valence-corrected chi connectivity index (χ1v) is 4.50. The van der Waals surface area contributed by atoms with Crippen LogP contribution in [0.15, 0.2) is 18.2 Å². The number of phenols is 1. The lowest BCUT2D eigenvalue weighted by Crippen LogP contribution is -2.23. The topological polar surface area (TPSA) is 40.5 Å². The van der Waals surface area contributed by atoms with Crippen molar-refractivity contribution in [2.24, 2.45) is 0 Å². The van der Waals surface area contributed by atoms with E-state index in [4.69, 9.17) is 0 Å². The van der Waals surface area contributed by atoms with Gasteiger partial charge in [-0.3, -0.25) is 4.79 Å². The van der Waals surface area contributed by atoms with Gasteiger partial charge in [-0.25, -0.2) is 0 Å². The third-order valence-electron chi connectivity index (χ3n) is 2.16. The molecule has 0 atom stereocenters. The average Bonchev–Trinajstić information content (AvgIpc) is 2.12. The van der Waals surface area contributed by atoms with Crippen molar-refractivity contribution < 1.29 is 9.90 Å². The Hall–Kier alpha value is -1.51. The first-order valence-electron chi connectivity index (χ1n) is 4.50. The van der Waals surface area contributed by atoms with Crippen LogP contribution in [0, 0.1) is 6.92 Å². The number of hydrogen-bond acceptors (Lipinski definition) is 2. The Morgan fingerprint density at radius 2 is 2.07 bits per heavy atom. The van der Waals surface area contributed by atoms with E-state index in [2.05, 4.69) is 0 Å². The van der Waals surface area contributed by atoms with Gasteiger partial charge in [-0.15, -0.1) is 0 Å². The molecule has 3 heteroatoms. The highest BCUT2D eigenvalue weighted by atomic mass is 16.3. The van der Waals surface area contributed by atoms with E-state index in [1.807, 2.05) is 19.1 Å². The molecule has 1 rings (SSSR count). The monoisotopic (exact) mass is 193 g/mol. The lowest BCUT2D eigenvalue weighted by molar-refractivity contribution is -0.127. The number of aryl methyl sites for hydroxylation is 1. The maximum absolute atomic E-state index is 11.4. The number of amides is 1. The molecule has 1 N–H and O–H groups in total. The highest BCUT2D eigenvalue weighted by Gasteiger charge is 2.09. The fourth-order valence-corrected chi connectivity index (χ4v) is 1.18.